The molecule has 0 bridgehead atoms. The van der Waals surface area contributed by atoms with Crippen LogP contribution in [-0.2, 0) is 11.2 Å². The number of likely N-dealkylation sites (tertiary alicyclic amines) is 1. The molecule has 4 nitrogen and oxygen atoms in total. The molecule has 1 aliphatic heterocycles. The fourth-order valence-electron chi connectivity index (χ4n) is 3.78. The van der Waals surface area contributed by atoms with Crippen LogP contribution >= 0.6 is 0 Å². The molecule has 2 fully saturated rings. The van der Waals surface area contributed by atoms with E-state index in [-0.39, 0.29) is 11.5 Å². The van der Waals surface area contributed by atoms with Crippen molar-refractivity contribution in [2.24, 2.45) is 5.41 Å². The fourth-order valence-corrected chi connectivity index (χ4v) is 3.78. The number of nitrogens with zero attached hydrogens (tertiary/aromatic N) is 1. The topological polar surface area (TPSA) is 49.8 Å². The fraction of sp³-hybridized carbons (Fsp3) is 0.611. The third-order valence-electron chi connectivity index (χ3n) is 5.34. The van der Waals surface area contributed by atoms with E-state index in [0.29, 0.717) is 5.91 Å². The maximum absolute atomic E-state index is 12.7. The van der Waals surface area contributed by atoms with Crippen molar-refractivity contribution >= 4 is 5.91 Å². The van der Waals surface area contributed by atoms with Crippen LogP contribution in [0.3, 0.4) is 0 Å². The highest BCUT2D eigenvalue weighted by molar-refractivity contribution is 5.85. The van der Waals surface area contributed by atoms with Gasteiger partial charge >= 0.3 is 0 Å². The van der Waals surface area contributed by atoms with E-state index < -0.39 is 0 Å². The van der Waals surface area contributed by atoms with Gasteiger partial charge in [0.2, 0.25) is 5.91 Å². The molecular formula is C18H25NO3. The zero-order valence-electron chi connectivity index (χ0n) is 13.3. The summed E-state index contributed by atoms with van der Waals surface area (Å²) in [5.41, 5.74) is 1.06. The highest BCUT2D eigenvalue weighted by atomic mass is 16.5. The number of amides is 1. The van der Waals surface area contributed by atoms with Gasteiger partial charge in [-0.15, -0.1) is 0 Å². The molecule has 1 aromatic rings. The van der Waals surface area contributed by atoms with Crippen LogP contribution in [0.1, 0.15) is 37.7 Å². The number of ether oxygens (including phenoxy) is 1. The van der Waals surface area contributed by atoms with Gasteiger partial charge in [-0.05, 0) is 56.2 Å². The molecule has 1 amide bonds. The Balaban J connectivity index is 1.56. The molecule has 1 aromatic carbocycles. The van der Waals surface area contributed by atoms with Crippen LogP contribution in [-0.4, -0.2) is 42.2 Å². The third kappa shape index (κ3) is 2.98. The number of aliphatic hydroxyl groups excluding tert-OH is 1. The number of aliphatic hydroxyl groups is 1. The summed E-state index contributed by atoms with van der Waals surface area (Å²) < 4.78 is 5.16. The lowest BCUT2D eigenvalue weighted by Crippen LogP contribution is -2.39. The lowest BCUT2D eigenvalue weighted by molar-refractivity contribution is -0.138. The lowest BCUT2D eigenvalue weighted by atomic mass is 9.72. The highest BCUT2D eigenvalue weighted by Crippen LogP contribution is 2.44. The normalized spacial score (nSPS) is 28.4. The van der Waals surface area contributed by atoms with E-state index in [1.807, 2.05) is 17.0 Å². The summed E-state index contributed by atoms with van der Waals surface area (Å²) in [6.45, 7) is 1.65. The Morgan fingerprint density at radius 3 is 2.55 bits per heavy atom. The molecule has 0 radical (unpaired) electrons. The van der Waals surface area contributed by atoms with Gasteiger partial charge in [-0.2, -0.15) is 0 Å². The van der Waals surface area contributed by atoms with Crippen molar-refractivity contribution in [3.8, 4) is 5.75 Å². The van der Waals surface area contributed by atoms with Gasteiger partial charge in [0, 0.05) is 13.1 Å². The van der Waals surface area contributed by atoms with E-state index >= 15 is 0 Å². The van der Waals surface area contributed by atoms with E-state index in [4.69, 9.17) is 4.74 Å². The molecule has 3 rings (SSSR count). The van der Waals surface area contributed by atoms with E-state index in [1.54, 1.807) is 7.11 Å². The molecule has 0 atom stereocenters. The minimum Gasteiger partial charge on any atom is -0.497 e. The van der Waals surface area contributed by atoms with Crippen LogP contribution in [0, 0.1) is 5.41 Å². The summed E-state index contributed by atoms with van der Waals surface area (Å²) in [6.07, 6.45) is 4.90. The summed E-state index contributed by atoms with van der Waals surface area (Å²) in [5, 5.41) is 9.66. The molecule has 1 aliphatic carbocycles. The Morgan fingerprint density at radius 1 is 1.23 bits per heavy atom. The van der Waals surface area contributed by atoms with E-state index in [9.17, 15) is 9.90 Å². The number of carbonyl (C=O) groups is 1. The Labute approximate surface area is 132 Å². The molecule has 1 saturated heterocycles. The van der Waals surface area contributed by atoms with Gasteiger partial charge in [0.05, 0.1) is 18.6 Å². The van der Waals surface area contributed by atoms with Crippen molar-refractivity contribution in [2.45, 2.75) is 44.6 Å². The largest absolute Gasteiger partial charge is 0.497 e. The van der Waals surface area contributed by atoms with E-state index in [0.717, 1.165) is 57.4 Å². The number of methoxy groups -OCH3 is 1. The van der Waals surface area contributed by atoms with Gasteiger partial charge in [-0.25, -0.2) is 0 Å². The second-order valence-electron chi connectivity index (χ2n) is 6.65. The first-order chi connectivity index (χ1) is 10.6. The molecular weight excluding hydrogens is 278 g/mol. The predicted molar refractivity (Wildman–Crippen MR) is 84.8 cm³/mol. The van der Waals surface area contributed by atoms with Gasteiger partial charge in [-0.1, -0.05) is 12.1 Å². The second-order valence-corrected chi connectivity index (χ2v) is 6.65. The smallest absolute Gasteiger partial charge is 0.228 e. The molecule has 1 spiro atoms. The van der Waals surface area contributed by atoms with Crippen LogP contribution < -0.4 is 4.74 Å². The number of benzene rings is 1. The molecule has 0 aromatic heterocycles. The summed E-state index contributed by atoms with van der Waals surface area (Å²) in [4.78, 5) is 14.8. The summed E-state index contributed by atoms with van der Waals surface area (Å²) in [5.74, 6) is 1.17. The van der Waals surface area contributed by atoms with Gasteiger partial charge < -0.3 is 14.7 Å². The number of rotatable bonds is 4. The molecule has 4 heteroatoms. The van der Waals surface area contributed by atoms with Crippen molar-refractivity contribution in [3.05, 3.63) is 29.8 Å². The monoisotopic (exact) mass is 303 g/mol. The van der Waals surface area contributed by atoms with Gasteiger partial charge in [-0.3, -0.25) is 4.79 Å². The van der Waals surface area contributed by atoms with Crippen molar-refractivity contribution in [3.63, 3.8) is 0 Å². The first-order valence-corrected chi connectivity index (χ1v) is 8.23. The Morgan fingerprint density at radius 2 is 1.91 bits per heavy atom. The minimum absolute atomic E-state index is 0.168. The van der Waals surface area contributed by atoms with Gasteiger partial charge in [0.25, 0.3) is 0 Å². The van der Waals surface area contributed by atoms with Crippen LogP contribution in [0.15, 0.2) is 24.3 Å². The Kier molecular flexibility index (Phi) is 4.39. The highest BCUT2D eigenvalue weighted by Gasteiger charge is 2.47. The molecule has 1 saturated carbocycles. The standard InChI is InChI=1S/C18H25NO3/c1-22-16-4-2-14(3-5-16)8-12-19-13-11-18(17(19)21)9-6-15(20)7-10-18/h2-5,15,20H,6-13H2,1H3/t15-,18-. The molecule has 1 N–H and O–H groups in total. The maximum atomic E-state index is 12.7. The SMILES string of the molecule is COc1ccc(CCN2CC[C@]3(CC[C@@H](O)CC3)C2=O)cc1. The number of hydrogen-bond donors (Lipinski definition) is 1. The molecule has 0 unspecified atom stereocenters. The van der Waals surface area contributed by atoms with Crippen molar-refractivity contribution in [2.75, 3.05) is 20.2 Å². The molecule has 22 heavy (non-hydrogen) atoms. The van der Waals surface area contributed by atoms with Crippen molar-refractivity contribution < 1.29 is 14.6 Å². The molecule has 1 heterocycles. The van der Waals surface area contributed by atoms with Crippen LogP contribution in [0.5, 0.6) is 5.75 Å². The number of carbonyl (C=O) groups excluding carboxylic acids is 1. The van der Waals surface area contributed by atoms with Crippen LogP contribution in [0.25, 0.3) is 0 Å². The first-order valence-electron chi connectivity index (χ1n) is 8.23. The summed E-state index contributed by atoms with van der Waals surface area (Å²) in [6, 6.07) is 8.05. The predicted octanol–water partition coefficient (Wildman–Crippen LogP) is 2.39. The van der Waals surface area contributed by atoms with E-state index in [1.165, 1.54) is 5.56 Å². The number of hydrogen-bond acceptors (Lipinski definition) is 3. The average Bonchev–Trinajstić information content (AvgIpc) is 2.85. The Bertz CT molecular complexity index is 518. The lowest BCUT2D eigenvalue weighted by Gasteiger charge is -2.33. The quantitative estimate of drug-likeness (QED) is 0.929. The van der Waals surface area contributed by atoms with Crippen LogP contribution in [0.2, 0.25) is 0 Å². The first kappa shape index (κ1) is 15.3. The van der Waals surface area contributed by atoms with Gasteiger partial charge in [0.15, 0.2) is 0 Å². The van der Waals surface area contributed by atoms with Crippen LogP contribution in [0.4, 0.5) is 0 Å². The zero-order valence-corrected chi connectivity index (χ0v) is 13.3. The Hall–Kier alpha value is -1.55. The van der Waals surface area contributed by atoms with E-state index in [2.05, 4.69) is 12.1 Å². The molecule has 120 valence electrons. The van der Waals surface area contributed by atoms with Gasteiger partial charge in [0.1, 0.15) is 5.75 Å². The third-order valence-corrected chi connectivity index (χ3v) is 5.34. The molecule has 2 aliphatic rings. The summed E-state index contributed by atoms with van der Waals surface area (Å²) in [7, 11) is 1.67. The van der Waals surface area contributed by atoms with Crippen molar-refractivity contribution in [1.29, 1.82) is 0 Å². The second kappa shape index (κ2) is 6.29. The average molecular weight is 303 g/mol. The van der Waals surface area contributed by atoms with Crippen molar-refractivity contribution in [1.82, 2.24) is 4.90 Å². The maximum Gasteiger partial charge on any atom is 0.228 e. The summed E-state index contributed by atoms with van der Waals surface area (Å²) >= 11 is 0. The zero-order chi connectivity index (χ0) is 15.6. The minimum atomic E-state index is -0.202.